The molecule has 2 aliphatic rings. The highest BCUT2D eigenvalue weighted by Crippen LogP contribution is 2.22. The molecular weight excluding hydrogens is 274 g/mol. The van der Waals surface area contributed by atoms with E-state index in [2.05, 4.69) is 5.10 Å². The van der Waals surface area contributed by atoms with Crippen LogP contribution in [0.1, 0.15) is 29.8 Å². The molecule has 1 fully saturated rings. The monoisotopic (exact) mass is 295 g/mol. The van der Waals surface area contributed by atoms with Crippen LogP contribution in [0.5, 0.6) is 5.88 Å². The third-order valence-corrected chi connectivity index (χ3v) is 3.94. The smallest absolute Gasteiger partial charge is 0.269 e. The zero-order chi connectivity index (χ0) is 14.7. The van der Waals surface area contributed by atoms with Gasteiger partial charge in [0.05, 0.1) is 6.61 Å². The maximum atomic E-state index is 11.1. The lowest BCUT2D eigenvalue weighted by Gasteiger charge is -2.26. The van der Waals surface area contributed by atoms with Gasteiger partial charge in [-0.15, -0.1) is 0 Å². The van der Waals surface area contributed by atoms with Crippen LogP contribution in [0, 0.1) is 5.92 Å². The van der Waals surface area contributed by atoms with Gasteiger partial charge >= 0.3 is 0 Å². The Morgan fingerprint density at radius 3 is 2.95 bits per heavy atom. The van der Waals surface area contributed by atoms with Gasteiger partial charge in [0.2, 0.25) is 5.88 Å². The number of aromatic nitrogens is 2. The fourth-order valence-electron chi connectivity index (χ4n) is 2.67. The summed E-state index contributed by atoms with van der Waals surface area (Å²) in [6.45, 7) is 3.71. The number of carbonyl (C=O) groups is 1. The first kappa shape index (κ1) is 14.3. The van der Waals surface area contributed by atoms with Crippen molar-refractivity contribution in [3.63, 3.8) is 0 Å². The van der Waals surface area contributed by atoms with Crippen molar-refractivity contribution in [3.05, 3.63) is 11.8 Å². The Kier molecular flexibility index (Phi) is 4.40. The largest absolute Gasteiger partial charge is 0.472 e. The number of rotatable bonds is 5. The van der Waals surface area contributed by atoms with Crippen LogP contribution < -0.4 is 10.5 Å². The van der Waals surface area contributed by atoms with Gasteiger partial charge in [-0.3, -0.25) is 4.79 Å². The lowest BCUT2D eigenvalue weighted by atomic mass is 10.0. The summed E-state index contributed by atoms with van der Waals surface area (Å²) in [6.07, 6.45) is 2.97. The van der Waals surface area contributed by atoms with Crippen molar-refractivity contribution in [3.8, 4) is 5.88 Å². The van der Waals surface area contributed by atoms with Gasteiger partial charge in [-0.25, -0.2) is 4.68 Å². The summed E-state index contributed by atoms with van der Waals surface area (Å²) in [6, 6.07) is 1.59. The summed E-state index contributed by atoms with van der Waals surface area (Å²) < 4.78 is 18.6. The molecule has 0 aromatic carbocycles. The summed E-state index contributed by atoms with van der Waals surface area (Å²) >= 11 is 0. The van der Waals surface area contributed by atoms with Gasteiger partial charge in [-0.1, -0.05) is 0 Å². The van der Waals surface area contributed by atoms with E-state index in [-0.39, 0.29) is 11.8 Å². The molecule has 2 aliphatic heterocycles. The third-order valence-electron chi connectivity index (χ3n) is 3.94. The molecule has 7 nitrogen and oxygen atoms in total. The van der Waals surface area contributed by atoms with Crippen molar-refractivity contribution < 1.29 is 19.0 Å². The minimum Gasteiger partial charge on any atom is -0.472 e. The van der Waals surface area contributed by atoms with Crippen molar-refractivity contribution in [1.29, 1.82) is 0 Å². The molecular formula is C14H21N3O4. The average Bonchev–Trinajstić information content (AvgIpc) is 2.92. The summed E-state index contributed by atoms with van der Waals surface area (Å²) in [7, 11) is 0. The minimum atomic E-state index is -0.534. The van der Waals surface area contributed by atoms with E-state index >= 15 is 0 Å². The minimum absolute atomic E-state index is 0.00904. The lowest BCUT2D eigenvalue weighted by molar-refractivity contribution is -0.0129. The number of amides is 1. The number of nitrogens with two attached hydrogens (primary N) is 1. The molecule has 1 unspecified atom stereocenters. The van der Waals surface area contributed by atoms with Crippen molar-refractivity contribution in [1.82, 2.24) is 9.78 Å². The molecule has 0 saturated carbocycles. The average molecular weight is 295 g/mol. The molecule has 0 radical (unpaired) electrons. The molecule has 1 aromatic rings. The Labute approximate surface area is 123 Å². The van der Waals surface area contributed by atoms with Gasteiger partial charge < -0.3 is 19.9 Å². The second-order valence-corrected chi connectivity index (χ2v) is 5.58. The topological polar surface area (TPSA) is 88.6 Å². The molecule has 0 aliphatic carbocycles. The van der Waals surface area contributed by atoms with E-state index in [1.54, 1.807) is 10.7 Å². The highest BCUT2D eigenvalue weighted by atomic mass is 16.5. The Balaban J connectivity index is 1.46. The zero-order valence-electron chi connectivity index (χ0n) is 12.0. The van der Waals surface area contributed by atoms with Crippen LogP contribution in [0.4, 0.5) is 0 Å². The maximum Gasteiger partial charge on any atom is 0.269 e. The van der Waals surface area contributed by atoms with Crippen LogP contribution in [-0.4, -0.2) is 48.2 Å². The van der Waals surface area contributed by atoms with Crippen molar-refractivity contribution in [2.75, 3.05) is 26.4 Å². The SMILES string of the molecule is NC(=O)c1cc2n(n1)CCC(COCC1CCOCC1)O2. The van der Waals surface area contributed by atoms with E-state index in [0.29, 0.717) is 24.9 Å². The molecule has 3 rings (SSSR count). The van der Waals surface area contributed by atoms with E-state index in [4.69, 9.17) is 19.9 Å². The molecule has 1 amide bonds. The highest BCUT2D eigenvalue weighted by molar-refractivity contribution is 5.91. The number of primary amides is 1. The van der Waals surface area contributed by atoms with Crippen LogP contribution in [0.3, 0.4) is 0 Å². The number of fused-ring (bicyclic) bond motifs is 1. The maximum absolute atomic E-state index is 11.1. The van der Waals surface area contributed by atoms with E-state index < -0.39 is 5.91 Å². The normalized spacial score (nSPS) is 22.6. The van der Waals surface area contributed by atoms with Crippen molar-refractivity contribution in [2.45, 2.75) is 31.9 Å². The van der Waals surface area contributed by atoms with Crippen molar-refractivity contribution >= 4 is 5.91 Å². The Morgan fingerprint density at radius 1 is 1.38 bits per heavy atom. The molecule has 7 heteroatoms. The summed E-state index contributed by atoms with van der Waals surface area (Å²) in [5.74, 6) is 0.650. The van der Waals surface area contributed by atoms with E-state index in [0.717, 1.165) is 39.1 Å². The van der Waals surface area contributed by atoms with Gasteiger partial charge in [0.15, 0.2) is 5.69 Å². The van der Waals surface area contributed by atoms with E-state index in [1.807, 2.05) is 0 Å². The fraction of sp³-hybridized carbons (Fsp3) is 0.714. The molecule has 0 bridgehead atoms. The standard InChI is InChI=1S/C14H21N3O4/c15-14(18)12-7-13-17(16-12)4-1-11(21-13)9-20-8-10-2-5-19-6-3-10/h7,10-11H,1-6,8-9H2,(H2,15,18). The highest BCUT2D eigenvalue weighted by Gasteiger charge is 2.23. The van der Waals surface area contributed by atoms with E-state index in [1.165, 1.54) is 0 Å². The molecule has 21 heavy (non-hydrogen) atoms. The van der Waals surface area contributed by atoms with Crippen LogP contribution in [0.2, 0.25) is 0 Å². The number of hydrogen-bond donors (Lipinski definition) is 1. The van der Waals surface area contributed by atoms with Gasteiger partial charge in [-0.2, -0.15) is 5.10 Å². The second-order valence-electron chi connectivity index (χ2n) is 5.58. The number of ether oxygens (including phenoxy) is 3. The predicted molar refractivity (Wildman–Crippen MR) is 74.1 cm³/mol. The molecule has 2 N–H and O–H groups in total. The van der Waals surface area contributed by atoms with Gasteiger partial charge in [0.1, 0.15) is 6.10 Å². The first-order chi connectivity index (χ1) is 10.2. The van der Waals surface area contributed by atoms with Crippen molar-refractivity contribution in [2.24, 2.45) is 11.7 Å². The van der Waals surface area contributed by atoms with Crippen LogP contribution >= 0.6 is 0 Å². The van der Waals surface area contributed by atoms with Gasteiger partial charge in [0.25, 0.3) is 5.91 Å². The lowest BCUT2D eigenvalue weighted by Crippen LogP contribution is -2.31. The number of hydrogen-bond acceptors (Lipinski definition) is 5. The van der Waals surface area contributed by atoms with E-state index in [9.17, 15) is 4.79 Å². The molecule has 3 heterocycles. The Bertz CT molecular complexity index is 496. The first-order valence-electron chi connectivity index (χ1n) is 7.42. The molecule has 116 valence electrons. The third kappa shape index (κ3) is 3.54. The summed E-state index contributed by atoms with van der Waals surface area (Å²) in [5.41, 5.74) is 5.46. The molecule has 0 spiro atoms. The summed E-state index contributed by atoms with van der Waals surface area (Å²) in [5, 5.41) is 4.10. The molecule has 1 aromatic heterocycles. The fourth-order valence-corrected chi connectivity index (χ4v) is 2.67. The second kappa shape index (κ2) is 6.44. The van der Waals surface area contributed by atoms with Gasteiger partial charge in [-0.05, 0) is 18.8 Å². The van der Waals surface area contributed by atoms with Crippen LogP contribution in [0.25, 0.3) is 0 Å². The molecule has 1 atom stereocenters. The number of aryl methyl sites for hydroxylation is 1. The summed E-state index contributed by atoms with van der Waals surface area (Å²) in [4.78, 5) is 11.1. The van der Waals surface area contributed by atoms with Crippen LogP contribution in [0.15, 0.2) is 6.07 Å². The van der Waals surface area contributed by atoms with Crippen LogP contribution in [-0.2, 0) is 16.0 Å². The predicted octanol–water partition coefficient (Wildman–Crippen LogP) is 0.576. The quantitative estimate of drug-likeness (QED) is 0.858. The number of nitrogens with zero attached hydrogens (tertiary/aromatic N) is 2. The first-order valence-corrected chi connectivity index (χ1v) is 7.42. The zero-order valence-corrected chi connectivity index (χ0v) is 12.0. The Morgan fingerprint density at radius 2 is 2.19 bits per heavy atom. The molecule has 1 saturated heterocycles. The Hall–Kier alpha value is -1.60. The number of carbonyl (C=O) groups excluding carboxylic acids is 1. The van der Waals surface area contributed by atoms with Gasteiger partial charge in [0, 0.05) is 38.9 Å².